The van der Waals surface area contributed by atoms with Gasteiger partial charge in [-0.1, -0.05) is 12.8 Å². The summed E-state index contributed by atoms with van der Waals surface area (Å²) in [6, 6.07) is 6.76. The first kappa shape index (κ1) is 20.4. The molecule has 0 saturated carbocycles. The minimum atomic E-state index is -3.57. The van der Waals surface area contributed by atoms with Gasteiger partial charge in [-0.15, -0.1) is 0 Å². The SMILES string of the molecule is Cc1c(C(=O)N(C)CCC#N)oc2ccc(S(=O)(=O)N3CCCCCC3)cc12. The maximum Gasteiger partial charge on any atom is 0.289 e. The average molecular weight is 404 g/mol. The van der Waals surface area contributed by atoms with Crippen LogP contribution in [0.15, 0.2) is 27.5 Å². The van der Waals surface area contributed by atoms with Crippen LogP contribution >= 0.6 is 0 Å². The first-order chi connectivity index (χ1) is 13.4. The summed E-state index contributed by atoms with van der Waals surface area (Å²) >= 11 is 0. The van der Waals surface area contributed by atoms with Gasteiger partial charge in [0.15, 0.2) is 5.76 Å². The molecule has 0 bridgehead atoms. The lowest BCUT2D eigenvalue weighted by atomic mass is 10.1. The molecule has 150 valence electrons. The molecular weight excluding hydrogens is 378 g/mol. The predicted molar refractivity (Wildman–Crippen MR) is 105 cm³/mol. The van der Waals surface area contributed by atoms with Gasteiger partial charge in [0.2, 0.25) is 10.0 Å². The predicted octanol–water partition coefficient (Wildman–Crippen LogP) is 3.29. The Hall–Kier alpha value is -2.37. The van der Waals surface area contributed by atoms with Crippen LogP contribution in [-0.4, -0.2) is 50.2 Å². The highest BCUT2D eigenvalue weighted by atomic mass is 32.2. The van der Waals surface area contributed by atoms with E-state index in [1.165, 1.54) is 4.90 Å². The van der Waals surface area contributed by atoms with Crippen LogP contribution in [0.4, 0.5) is 0 Å². The van der Waals surface area contributed by atoms with Gasteiger partial charge in [0.1, 0.15) is 5.58 Å². The largest absolute Gasteiger partial charge is 0.451 e. The Morgan fingerprint density at radius 2 is 1.93 bits per heavy atom. The number of sulfonamides is 1. The standard InChI is InChI=1S/C20H25N3O4S/c1-15-17-14-16(28(25,26)23-12-5-3-4-6-13-23)8-9-18(17)27-19(15)20(24)22(2)11-7-10-21/h8-9,14H,3-7,11-13H2,1-2H3. The van der Waals surface area contributed by atoms with Gasteiger partial charge in [0.25, 0.3) is 5.91 Å². The minimum Gasteiger partial charge on any atom is -0.451 e. The average Bonchev–Trinajstić information content (AvgIpc) is 2.87. The third-order valence-corrected chi connectivity index (χ3v) is 7.11. The molecule has 0 radical (unpaired) electrons. The Bertz CT molecular complexity index is 1010. The van der Waals surface area contributed by atoms with Gasteiger partial charge in [0.05, 0.1) is 17.4 Å². The summed E-state index contributed by atoms with van der Waals surface area (Å²) in [5, 5.41) is 9.31. The Morgan fingerprint density at radius 3 is 2.57 bits per heavy atom. The van der Waals surface area contributed by atoms with E-state index in [1.807, 2.05) is 6.07 Å². The molecule has 0 atom stereocenters. The smallest absolute Gasteiger partial charge is 0.289 e. The Kier molecular flexibility index (Phi) is 6.06. The highest BCUT2D eigenvalue weighted by molar-refractivity contribution is 7.89. The van der Waals surface area contributed by atoms with Crippen molar-refractivity contribution in [3.63, 3.8) is 0 Å². The maximum atomic E-state index is 13.1. The molecule has 0 aliphatic carbocycles. The number of amides is 1. The number of aryl methyl sites for hydroxylation is 1. The molecule has 0 unspecified atom stereocenters. The monoisotopic (exact) mass is 403 g/mol. The van der Waals surface area contributed by atoms with Gasteiger partial charge in [-0.3, -0.25) is 4.79 Å². The number of nitrogens with zero attached hydrogens (tertiary/aromatic N) is 3. The number of benzene rings is 1. The van der Waals surface area contributed by atoms with E-state index in [1.54, 1.807) is 36.5 Å². The van der Waals surface area contributed by atoms with E-state index in [0.717, 1.165) is 25.7 Å². The summed E-state index contributed by atoms with van der Waals surface area (Å²) < 4.78 is 33.4. The second-order valence-electron chi connectivity index (χ2n) is 7.17. The van der Waals surface area contributed by atoms with Crippen molar-refractivity contribution >= 4 is 26.9 Å². The van der Waals surface area contributed by atoms with E-state index >= 15 is 0 Å². The van der Waals surface area contributed by atoms with E-state index in [0.29, 0.717) is 36.2 Å². The van der Waals surface area contributed by atoms with Crippen LogP contribution in [0.3, 0.4) is 0 Å². The quantitative estimate of drug-likeness (QED) is 0.763. The Balaban J connectivity index is 1.95. The van der Waals surface area contributed by atoms with E-state index in [2.05, 4.69) is 0 Å². The highest BCUT2D eigenvalue weighted by Crippen LogP contribution is 2.30. The van der Waals surface area contributed by atoms with E-state index in [-0.39, 0.29) is 23.0 Å². The van der Waals surface area contributed by atoms with Crippen LogP contribution < -0.4 is 0 Å². The fraction of sp³-hybridized carbons (Fsp3) is 0.500. The van der Waals surface area contributed by atoms with Crippen molar-refractivity contribution in [2.75, 3.05) is 26.7 Å². The van der Waals surface area contributed by atoms with E-state index in [4.69, 9.17) is 9.68 Å². The van der Waals surface area contributed by atoms with Crippen LogP contribution in [-0.2, 0) is 10.0 Å². The van der Waals surface area contributed by atoms with Crippen LogP contribution in [0.25, 0.3) is 11.0 Å². The minimum absolute atomic E-state index is 0.180. The van der Waals surface area contributed by atoms with Crippen LogP contribution in [0.1, 0.15) is 48.2 Å². The molecule has 1 fully saturated rings. The molecule has 28 heavy (non-hydrogen) atoms. The summed E-state index contributed by atoms with van der Waals surface area (Å²) in [6.07, 6.45) is 4.09. The van der Waals surface area contributed by atoms with Crippen LogP contribution in [0.2, 0.25) is 0 Å². The molecule has 1 aliphatic heterocycles. The fourth-order valence-corrected chi connectivity index (χ4v) is 5.03. The molecule has 7 nitrogen and oxygen atoms in total. The van der Waals surface area contributed by atoms with Crippen LogP contribution in [0.5, 0.6) is 0 Å². The second-order valence-corrected chi connectivity index (χ2v) is 9.11. The lowest BCUT2D eigenvalue weighted by Gasteiger charge is -2.19. The van der Waals surface area contributed by atoms with Crippen molar-refractivity contribution in [2.45, 2.75) is 43.9 Å². The number of hydrogen-bond donors (Lipinski definition) is 0. The summed E-state index contributed by atoms with van der Waals surface area (Å²) in [5.41, 5.74) is 1.08. The summed E-state index contributed by atoms with van der Waals surface area (Å²) in [7, 11) is -1.96. The third kappa shape index (κ3) is 3.91. The molecule has 1 amide bonds. The van der Waals surface area contributed by atoms with E-state index in [9.17, 15) is 13.2 Å². The summed E-state index contributed by atoms with van der Waals surface area (Å²) in [4.78, 5) is 14.3. The van der Waals surface area contributed by atoms with Crippen LogP contribution in [0, 0.1) is 18.3 Å². The number of furan rings is 1. The van der Waals surface area contributed by atoms with Crippen molar-refractivity contribution in [3.05, 3.63) is 29.5 Å². The number of carbonyl (C=O) groups is 1. The zero-order chi connectivity index (χ0) is 20.3. The molecule has 0 N–H and O–H groups in total. The summed E-state index contributed by atoms with van der Waals surface area (Å²) in [6.45, 7) is 3.14. The van der Waals surface area contributed by atoms with Crippen molar-refractivity contribution in [2.24, 2.45) is 0 Å². The molecular formula is C20H25N3O4S. The number of rotatable bonds is 5. The highest BCUT2D eigenvalue weighted by Gasteiger charge is 2.27. The Labute approximate surface area is 165 Å². The Morgan fingerprint density at radius 1 is 1.25 bits per heavy atom. The van der Waals surface area contributed by atoms with Gasteiger partial charge in [0, 0.05) is 37.6 Å². The van der Waals surface area contributed by atoms with E-state index < -0.39 is 10.0 Å². The van der Waals surface area contributed by atoms with Crippen molar-refractivity contribution in [1.82, 2.24) is 9.21 Å². The molecule has 0 spiro atoms. The first-order valence-electron chi connectivity index (χ1n) is 9.52. The molecule has 1 aliphatic rings. The van der Waals surface area contributed by atoms with Crippen molar-refractivity contribution in [3.8, 4) is 6.07 Å². The molecule has 2 aromatic rings. The lowest BCUT2D eigenvalue weighted by Crippen LogP contribution is -2.31. The third-order valence-electron chi connectivity index (χ3n) is 5.21. The zero-order valence-electron chi connectivity index (χ0n) is 16.3. The lowest BCUT2D eigenvalue weighted by molar-refractivity contribution is 0.0768. The molecule has 2 heterocycles. The molecule has 1 aromatic carbocycles. The van der Waals surface area contributed by atoms with Crippen molar-refractivity contribution < 1.29 is 17.6 Å². The molecule has 3 rings (SSSR count). The van der Waals surface area contributed by atoms with Crippen molar-refractivity contribution in [1.29, 1.82) is 5.26 Å². The zero-order valence-corrected chi connectivity index (χ0v) is 17.1. The summed E-state index contributed by atoms with van der Waals surface area (Å²) in [5.74, 6) is -0.138. The molecule has 1 saturated heterocycles. The topological polar surface area (TPSA) is 94.6 Å². The number of hydrogen-bond acceptors (Lipinski definition) is 5. The first-order valence-corrected chi connectivity index (χ1v) is 11.0. The molecule has 1 aromatic heterocycles. The number of nitriles is 1. The number of carbonyl (C=O) groups excluding carboxylic acids is 1. The second kappa shape index (κ2) is 8.33. The van der Waals surface area contributed by atoms with Gasteiger partial charge in [-0.25, -0.2) is 8.42 Å². The fourth-order valence-electron chi connectivity index (χ4n) is 3.49. The molecule has 8 heteroatoms. The normalized spacial score (nSPS) is 15.9. The maximum absolute atomic E-state index is 13.1. The van der Waals surface area contributed by atoms with Gasteiger partial charge >= 0.3 is 0 Å². The number of fused-ring (bicyclic) bond motifs is 1. The van der Waals surface area contributed by atoms with Gasteiger partial charge < -0.3 is 9.32 Å². The van der Waals surface area contributed by atoms with Gasteiger partial charge in [-0.2, -0.15) is 9.57 Å². The van der Waals surface area contributed by atoms with Gasteiger partial charge in [-0.05, 0) is 38.0 Å².